The molecule has 1 aliphatic rings. The normalized spacial score (nSPS) is 28.7. The number of carboxylic acid groups (broad SMARTS) is 1. The number of aromatic carboxylic acids is 1. The summed E-state index contributed by atoms with van der Waals surface area (Å²) in [6.07, 6.45) is -2.51. The molecule has 1 unspecified atom stereocenters. The molecular weight excluding hydrogens is 321 g/mol. The minimum Gasteiger partial charge on any atom is -0.477 e. The summed E-state index contributed by atoms with van der Waals surface area (Å²) < 4.78 is 21.4. The van der Waals surface area contributed by atoms with Gasteiger partial charge in [0.25, 0.3) is 6.23 Å². The van der Waals surface area contributed by atoms with Crippen LogP contribution in [0.4, 0.5) is 0 Å². The topological polar surface area (TPSA) is 158 Å². The number of rotatable bonds is 5. The molecule has 1 saturated heterocycles. The van der Waals surface area contributed by atoms with Crippen molar-refractivity contribution in [1.29, 1.82) is 0 Å². The number of hydrogen-bond donors (Lipinski definition) is 5. The van der Waals surface area contributed by atoms with E-state index >= 15 is 0 Å². The number of phosphoric acid groups is 1. The van der Waals surface area contributed by atoms with Gasteiger partial charge in [-0.2, -0.15) is 4.57 Å². The van der Waals surface area contributed by atoms with Gasteiger partial charge >= 0.3 is 13.8 Å². The van der Waals surface area contributed by atoms with Gasteiger partial charge in [-0.1, -0.05) is 0 Å². The molecule has 2 rings (SSSR count). The third-order valence-electron chi connectivity index (χ3n) is 3.11. The Labute approximate surface area is 124 Å². The van der Waals surface area contributed by atoms with Gasteiger partial charge in [0.1, 0.15) is 17.8 Å². The molecule has 0 amide bonds. The standard InChI is InChI=1S/C11H14NO9P/c13-8-7(5-20-22(17,18)19)21-10(9(8)14)12-3-1-2-6(4-12)11(15)16/h1-4,7-10,13-14H,5H2,(H2-,15,16,17,18,19)/p+1/t7-,8-,9-,10?/m1/s1. The molecule has 1 aliphatic heterocycles. The van der Waals surface area contributed by atoms with Gasteiger partial charge in [-0.25, -0.2) is 9.36 Å². The fourth-order valence-corrected chi connectivity index (χ4v) is 2.40. The van der Waals surface area contributed by atoms with E-state index in [1.807, 2.05) is 0 Å². The summed E-state index contributed by atoms with van der Waals surface area (Å²) in [5.74, 6) is -1.18. The van der Waals surface area contributed by atoms with E-state index in [9.17, 15) is 19.6 Å². The molecule has 2 heterocycles. The number of hydrogen-bond acceptors (Lipinski definition) is 6. The van der Waals surface area contributed by atoms with Crippen LogP contribution in [0.25, 0.3) is 0 Å². The van der Waals surface area contributed by atoms with Crippen LogP contribution in [-0.2, 0) is 13.8 Å². The Morgan fingerprint density at radius 3 is 2.64 bits per heavy atom. The maximum atomic E-state index is 10.9. The van der Waals surface area contributed by atoms with Crippen molar-refractivity contribution < 1.29 is 48.3 Å². The fourth-order valence-electron chi connectivity index (χ4n) is 2.06. The number of aromatic nitrogens is 1. The maximum Gasteiger partial charge on any atom is 0.469 e. The van der Waals surface area contributed by atoms with E-state index in [0.717, 1.165) is 0 Å². The second-order valence-electron chi connectivity index (χ2n) is 4.68. The summed E-state index contributed by atoms with van der Waals surface area (Å²) in [6.45, 7) is -0.627. The Morgan fingerprint density at radius 2 is 2.05 bits per heavy atom. The molecule has 122 valence electrons. The first-order chi connectivity index (χ1) is 10.2. The first-order valence-corrected chi connectivity index (χ1v) is 7.68. The van der Waals surface area contributed by atoms with Crippen LogP contribution in [0.15, 0.2) is 24.5 Å². The third-order valence-corrected chi connectivity index (χ3v) is 3.59. The van der Waals surface area contributed by atoms with Gasteiger partial charge in [0.2, 0.25) is 0 Å². The monoisotopic (exact) mass is 336 g/mol. The molecule has 0 saturated carbocycles. The average Bonchev–Trinajstić information content (AvgIpc) is 2.72. The SMILES string of the molecule is O=C(O)c1ccc[n+](C2O[C@H](COP(=O)(O)O)[C@@H](O)[C@H]2O)c1. The molecule has 0 spiro atoms. The minimum atomic E-state index is -4.73. The van der Waals surface area contributed by atoms with E-state index in [1.165, 1.54) is 29.1 Å². The number of aliphatic hydroxyl groups excluding tert-OH is 2. The van der Waals surface area contributed by atoms with Gasteiger partial charge in [-0.15, -0.1) is 0 Å². The predicted molar refractivity (Wildman–Crippen MR) is 67.5 cm³/mol. The number of carboxylic acids is 1. The molecule has 0 aliphatic carbocycles. The Balaban J connectivity index is 2.14. The van der Waals surface area contributed by atoms with E-state index < -0.39 is 44.9 Å². The van der Waals surface area contributed by atoms with Crippen molar-refractivity contribution in [3.8, 4) is 0 Å². The third kappa shape index (κ3) is 3.87. The second kappa shape index (κ2) is 6.39. The van der Waals surface area contributed by atoms with Crippen LogP contribution in [0.5, 0.6) is 0 Å². The molecule has 5 N–H and O–H groups in total. The van der Waals surface area contributed by atoms with Crippen molar-refractivity contribution in [2.24, 2.45) is 0 Å². The molecule has 1 aromatic heterocycles. The second-order valence-corrected chi connectivity index (χ2v) is 5.92. The summed E-state index contributed by atoms with van der Waals surface area (Å²) in [7, 11) is -4.73. The minimum absolute atomic E-state index is 0.0530. The van der Waals surface area contributed by atoms with E-state index in [4.69, 9.17) is 19.6 Å². The summed E-state index contributed by atoms with van der Waals surface area (Å²) >= 11 is 0. The zero-order valence-corrected chi connectivity index (χ0v) is 12.0. The Kier molecular flexibility index (Phi) is 4.93. The largest absolute Gasteiger partial charge is 0.477 e. The highest BCUT2D eigenvalue weighted by Gasteiger charge is 2.48. The number of carbonyl (C=O) groups is 1. The number of pyridine rings is 1. The van der Waals surface area contributed by atoms with Crippen LogP contribution >= 0.6 is 7.82 Å². The highest BCUT2D eigenvalue weighted by atomic mass is 31.2. The van der Waals surface area contributed by atoms with Crippen molar-refractivity contribution in [2.45, 2.75) is 24.5 Å². The predicted octanol–water partition coefficient (Wildman–Crippen LogP) is -1.60. The molecule has 0 aromatic carbocycles. The lowest BCUT2D eigenvalue weighted by Gasteiger charge is -2.13. The van der Waals surface area contributed by atoms with Crippen LogP contribution in [0.2, 0.25) is 0 Å². The molecule has 0 bridgehead atoms. The van der Waals surface area contributed by atoms with Crippen LogP contribution in [0, 0.1) is 0 Å². The van der Waals surface area contributed by atoms with Crippen LogP contribution in [-0.4, -0.2) is 56.0 Å². The lowest BCUT2D eigenvalue weighted by molar-refractivity contribution is -0.765. The van der Waals surface area contributed by atoms with Crippen LogP contribution in [0.3, 0.4) is 0 Å². The Hall–Kier alpha value is -1.39. The quantitative estimate of drug-likeness (QED) is 0.315. The molecule has 10 nitrogen and oxygen atoms in total. The number of nitrogens with zero attached hydrogens (tertiary/aromatic N) is 1. The summed E-state index contributed by atoms with van der Waals surface area (Å²) in [4.78, 5) is 28.2. The molecule has 1 fully saturated rings. The van der Waals surface area contributed by atoms with Crippen molar-refractivity contribution in [2.75, 3.05) is 6.61 Å². The van der Waals surface area contributed by atoms with E-state index in [0.29, 0.717) is 0 Å². The molecule has 11 heteroatoms. The Bertz CT molecular complexity index is 603. The number of phosphoric ester groups is 1. The lowest BCUT2D eigenvalue weighted by atomic mass is 10.1. The van der Waals surface area contributed by atoms with Gasteiger partial charge < -0.3 is 29.8 Å². The lowest BCUT2D eigenvalue weighted by Crippen LogP contribution is -2.46. The fraction of sp³-hybridized carbons (Fsp3) is 0.455. The van der Waals surface area contributed by atoms with Gasteiger partial charge in [-0.05, 0) is 6.07 Å². The summed E-state index contributed by atoms with van der Waals surface area (Å²) in [5, 5.41) is 28.7. The van der Waals surface area contributed by atoms with Gasteiger partial charge in [0, 0.05) is 6.07 Å². The van der Waals surface area contributed by atoms with E-state index in [-0.39, 0.29) is 5.56 Å². The van der Waals surface area contributed by atoms with Gasteiger partial charge in [0.05, 0.1) is 6.61 Å². The van der Waals surface area contributed by atoms with Crippen molar-refractivity contribution in [1.82, 2.24) is 0 Å². The highest BCUT2D eigenvalue weighted by molar-refractivity contribution is 7.46. The molecule has 0 radical (unpaired) electrons. The van der Waals surface area contributed by atoms with Crippen molar-refractivity contribution in [3.05, 3.63) is 30.1 Å². The van der Waals surface area contributed by atoms with Gasteiger partial charge in [-0.3, -0.25) is 4.52 Å². The van der Waals surface area contributed by atoms with Crippen molar-refractivity contribution in [3.63, 3.8) is 0 Å². The first kappa shape index (κ1) is 17.0. The molecule has 4 atom stereocenters. The summed E-state index contributed by atoms with van der Waals surface area (Å²) in [5.41, 5.74) is -0.0530. The number of aliphatic hydroxyl groups is 2. The maximum absolute atomic E-state index is 10.9. The zero-order valence-electron chi connectivity index (χ0n) is 11.1. The molecule has 1 aromatic rings. The summed E-state index contributed by atoms with van der Waals surface area (Å²) in [6, 6.07) is 2.76. The Morgan fingerprint density at radius 1 is 1.36 bits per heavy atom. The van der Waals surface area contributed by atoms with E-state index in [2.05, 4.69) is 4.52 Å². The van der Waals surface area contributed by atoms with Gasteiger partial charge in [0.15, 0.2) is 18.5 Å². The smallest absolute Gasteiger partial charge is 0.469 e. The zero-order chi connectivity index (χ0) is 16.5. The van der Waals surface area contributed by atoms with E-state index in [1.54, 1.807) is 0 Å². The number of ether oxygens (including phenoxy) is 1. The van der Waals surface area contributed by atoms with Crippen LogP contribution < -0.4 is 4.57 Å². The average molecular weight is 336 g/mol. The van der Waals surface area contributed by atoms with Crippen LogP contribution in [0.1, 0.15) is 16.6 Å². The molecule has 22 heavy (non-hydrogen) atoms. The highest BCUT2D eigenvalue weighted by Crippen LogP contribution is 2.37. The van der Waals surface area contributed by atoms with Crippen molar-refractivity contribution >= 4 is 13.8 Å². The molecular formula is C11H15NO9P+. The first-order valence-electron chi connectivity index (χ1n) is 6.15.